The van der Waals surface area contributed by atoms with Crippen molar-refractivity contribution in [3.8, 4) is 0 Å². The van der Waals surface area contributed by atoms with Crippen molar-refractivity contribution in [3.63, 3.8) is 0 Å². The summed E-state index contributed by atoms with van der Waals surface area (Å²) >= 11 is 0. The van der Waals surface area contributed by atoms with Gasteiger partial charge in [-0.05, 0) is 68.1 Å². The van der Waals surface area contributed by atoms with E-state index in [1.54, 1.807) is 7.11 Å². The Hall–Kier alpha value is -0.790. The molecule has 0 bridgehead atoms. The maximum atomic E-state index is 12.5. The monoisotopic (exact) mass is 290 g/mol. The molecule has 0 aliphatic heterocycles. The summed E-state index contributed by atoms with van der Waals surface area (Å²) < 4.78 is 5.19. The van der Waals surface area contributed by atoms with E-state index < -0.39 is 0 Å². The van der Waals surface area contributed by atoms with Crippen molar-refractivity contribution in [2.75, 3.05) is 7.11 Å². The van der Waals surface area contributed by atoms with Crippen molar-refractivity contribution in [1.29, 1.82) is 0 Å². The quantitative estimate of drug-likeness (QED) is 0.515. The summed E-state index contributed by atoms with van der Waals surface area (Å²) in [6.07, 6.45) is 8.19. The average molecular weight is 290 g/mol. The molecule has 2 heteroatoms. The summed E-state index contributed by atoms with van der Waals surface area (Å²) in [6.45, 7) is 11.4. The van der Waals surface area contributed by atoms with Gasteiger partial charge < -0.3 is 4.74 Å². The van der Waals surface area contributed by atoms with E-state index in [0.29, 0.717) is 17.3 Å². The number of fused-ring (bicyclic) bond motifs is 3. The van der Waals surface area contributed by atoms with Gasteiger partial charge in [-0.25, -0.2) is 0 Å². The predicted octanol–water partition coefficient (Wildman–Crippen LogP) is 4.74. The molecule has 0 aromatic heterocycles. The Morgan fingerprint density at radius 3 is 2.52 bits per heavy atom. The van der Waals surface area contributed by atoms with E-state index in [9.17, 15) is 4.79 Å². The normalized spacial score (nSPS) is 49.4. The van der Waals surface area contributed by atoms with Crippen LogP contribution in [-0.2, 0) is 9.53 Å². The van der Waals surface area contributed by atoms with Crippen LogP contribution in [0.25, 0.3) is 0 Å². The topological polar surface area (TPSA) is 26.3 Å². The average Bonchev–Trinajstić information content (AvgIpc) is 2.75. The van der Waals surface area contributed by atoms with Crippen molar-refractivity contribution in [3.05, 3.63) is 12.2 Å². The second kappa shape index (κ2) is 4.60. The van der Waals surface area contributed by atoms with Gasteiger partial charge in [0.05, 0.1) is 12.5 Å². The molecule has 3 rings (SSSR count). The molecule has 3 fully saturated rings. The summed E-state index contributed by atoms with van der Waals surface area (Å²) in [6, 6.07) is 0. The van der Waals surface area contributed by atoms with Crippen molar-refractivity contribution in [1.82, 2.24) is 0 Å². The van der Waals surface area contributed by atoms with Crippen LogP contribution in [0.2, 0.25) is 0 Å². The molecule has 0 aromatic carbocycles. The second-order valence-corrected chi connectivity index (χ2v) is 8.47. The number of hydrogen-bond donors (Lipinski definition) is 0. The number of methoxy groups -OCH3 is 1. The first-order chi connectivity index (χ1) is 9.79. The highest BCUT2D eigenvalue weighted by molar-refractivity contribution is 5.77. The van der Waals surface area contributed by atoms with Crippen LogP contribution in [0, 0.1) is 28.1 Å². The maximum absolute atomic E-state index is 12.5. The van der Waals surface area contributed by atoms with Crippen LogP contribution >= 0.6 is 0 Å². The minimum Gasteiger partial charge on any atom is -0.469 e. The third-order valence-electron chi connectivity index (χ3n) is 7.69. The lowest BCUT2D eigenvalue weighted by molar-refractivity contribution is -0.175. The summed E-state index contributed by atoms with van der Waals surface area (Å²) in [5.74, 6) is 1.18. The molecule has 118 valence electrons. The molecule has 21 heavy (non-hydrogen) atoms. The van der Waals surface area contributed by atoms with Crippen molar-refractivity contribution in [2.45, 2.75) is 65.7 Å². The van der Waals surface area contributed by atoms with Gasteiger partial charge in [0, 0.05) is 0 Å². The fraction of sp³-hybridized carbons (Fsp3) is 0.842. The largest absolute Gasteiger partial charge is 0.469 e. The molecular weight excluding hydrogens is 260 g/mol. The zero-order valence-corrected chi connectivity index (χ0v) is 14.1. The Bertz CT molecular complexity index is 482. The first kappa shape index (κ1) is 15.1. The minimum atomic E-state index is -0.285. The highest BCUT2D eigenvalue weighted by Crippen LogP contribution is 2.69. The number of hydrogen-bond acceptors (Lipinski definition) is 2. The standard InChI is InChI=1S/C19H30O2/c1-13-7-8-14-17(13,2)12-9-15-18(14,3)10-6-11-19(15,4)16(20)21-5/h14-15H,1,6-12H2,2-5H3/t14-,15+,17+,18+,19+/m0/s1. The van der Waals surface area contributed by atoms with Gasteiger partial charge >= 0.3 is 5.97 Å². The first-order valence-corrected chi connectivity index (χ1v) is 8.56. The minimum absolute atomic E-state index is 0.0128. The highest BCUT2D eigenvalue weighted by atomic mass is 16.5. The van der Waals surface area contributed by atoms with Crippen molar-refractivity contribution in [2.24, 2.45) is 28.1 Å². The second-order valence-electron chi connectivity index (χ2n) is 8.47. The summed E-state index contributed by atoms with van der Waals surface area (Å²) in [4.78, 5) is 12.5. The SMILES string of the molecule is C=C1CC[C@@H]2[C@@]3(C)CCC[C@@](C)(C(=O)OC)[C@@H]3CC[C@]12C. The van der Waals surface area contributed by atoms with Gasteiger partial charge in [0.2, 0.25) is 0 Å². The lowest BCUT2D eigenvalue weighted by atomic mass is 9.43. The Kier molecular flexibility index (Phi) is 3.31. The Morgan fingerprint density at radius 1 is 1.14 bits per heavy atom. The predicted molar refractivity (Wildman–Crippen MR) is 84.8 cm³/mol. The molecule has 0 saturated heterocycles. The van der Waals surface area contributed by atoms with E-state index in [1.807, 2.05) is 0 Å². The third-order valence-corrected chi connectivity index (χ3v) is 7.69. The molecule has 0 heterocycles. The van der Waals surface area contributed by atoms with Crippen LogP contribution in [0.1, 0.15) is 65.7 Å². The Balaban J connectivity index is 2.01. The smallest absolute Gasteiger partial charge is 0.311 e. The van der Waals surface area contributed by atoms with Crippen LogP contribution in [0.3, 0.4) is 0 Å². The molecule has 0 amide bonds. The number of carbonyl (C=O) groups excluding carboxylic acids is 1. The first-order valence-electron chi connectivity index (χ1n) is 8.56. The van der Waals surface area contributed by atoms with Crippen LogP contribution in [0.15, 0.2) is 12.2 Å². The molecular formula is C19H30O2. The van der Waals surface area contributed by atoms with E-state index in [4.69, 9.17) is 4.74 Å². The molecule has 0 N–H and O–H groups in total. The molecule has 0 spiro atoms. The van der Waals surface area contributed by atoms with Crippen LogP contribution in [0.5, 0.6) is 0 Å². The molecule has 2 nitrogen and oxygen atoms in total. The van der Waals surface area contributed by atoms with Crippen molar-refractivity contribution < 1.29 is 9.53 Å². The molecule has 3 aliphatic carbocycles. The fourth-order valence-electron chi connectivity index (χ4n) is 6.48. The summed E-state index contributed by atoms with van der Waals surface area (Å²) in [5.41, 5.74) is 1.75. The number of rotatable bonds is 1. The summed E-state index contributed by atoms with van der Waals surface area (Å²) in [7, 11) is 1.55. The van der Waals surface area contributed by atoms with Gasteiger partial charge in [-0.3, -0.25) is 4.79 Å². The molecule has 5 atom stereocenters. The fourth-order valence-corrected chi connectivity index (χ4v) is 6.48. The molecule has 3 aliphatic rings. The van der Waals surface area contributed by atoms with Gasteiger partial charge in [-0.1, -0.05) is 32.4 Å². The number of ether oxygens (including phenoxy) is 1. The number of allylic oxidation sites excluding steroid dienone is 1. The van der Waals surface area contributed by atoms with Gasteiger partial charge in [-0.15, -0.1) is 0 Å². The lowest BCUT2D eigenvalue weighted by Gasteiger charge is -2.60. The van der Waals surface area contributed by atoms with Gasteiger partial charge in [0.25, 0.3) is 0 Å². The molecule has 0 radical (unpaired) electrons. The molecule has 0 unspecified atom stereocenters. The number of carbonyl (C=O) groups is 1. The van der Waals surface area contributed by atoms with E-state index in [-0.39, 0.29) is 16.8 Å². The third kappa shape index (κ3) is 1.80. The van der Waals surface area contributed by atoms with Gasteiger partial charge in [0.1, 0.15) is 0 Å². The number of esters is 1. The molecule has 3 saturated carbocycles. The van der Waals surface area contributed by atoms with Crippen LogP contribution < -0.4 is 0 Å². The van der Waals surface area contributed by atoms with Gasteiger partial charge in [0.15, 0.2) is 0 Å². The van der Waals surface area contributed by atoms with Crippen LogP contribution in [0.4, 0.5) is 0 Å². The van der Waals surface area contributed by atoms with E-state index in [1.165, 1.54) is 31.3 Å². The Labute approximate surface area is 129 Å². The molecule has 0 aromatic rings. The van der Waals surface area contributed by atoms with Crippen LogP contribution in [-0.4, -0.2) is 13.1 Å². The van der Waals surface area contributed by atoms with Crippen molar-refractivity contribution >= 4 is 5.97 Å². The highest BCUT2D eigenvalue weighted by Gasteiger charge is 2.63. The maximum Gasteiger partial charge on any atom is 0.311 e. The zero-order chi connectivity index (χ0) is 15.5. The van der Waals surface area contributed by atoms with E-state index >= 15 is 0 Å². The lowest BCUT2D eigenvalue weighted by Crippen LogP contribution is -2.56. The van der Waals surface area contributed by atoms with E-state index in [0.717, 1.165) is 19.3 Å². The zero-order valence-electron chi connectivity index (χ0n) is 14.1. The van der Waals surface area contributed by atoms with Gasteiger partial charge in [-0.2, -0.15) is 0 Å². The summed E-state index contributed by atoms with van der Waals surface area (Å²) in [5, 5.41) is 0. The Morgan fingerprint density at radius 2 is 1.86 bits per heavy atom. The van der Waals surface area contributed by atoms with E-state index in [2.05, 4.69) is 27.4 Å².